The molecule has 10 heteroatoms. The molecule has 1 amide bonds. The number of non-ortho nitro benzene ring substituents is 1. The van der Waals surface area contributed by atoms with Crippen LogP contribution in [0, 0.1) is 10.1 Å². The first-order chi connectivity index (χ1) is 10.0. The molecule has 0 aliphatic rings. The number of amides is 1. The Balaban J connectivity index is 2.29. The van der Waals surface area contributed by atoms with E-state index < -0.39 is 11.0 Å². The molecule has 0 fully saturated rings. The Morgan fingerprint density at radius 2 is 2.29 bits per heavy atom. The summed E-state index contributed by atoms with van der Waals surface area (Å²) in [6.45, 7) is 0.0439. The van der Waals surface area contributed by atoms with Crippen molar-refractivity contribution in [2.24, 2.45) is 0 Å². The largest absolute Gasteiger partial charge is 0.496 e. The van der Waals surface area contributed by atoms with Crippen LogP contribution < -0.4 is 10.1 Å². The lowest BCUT2D eigenvalue weighted by atomic mass is 10.2. The van der Waals surface area contributed by atoms with Crippen LogP contribution in [0.15, 0.2) is 18.2 Å². The standard InChI is InChI=1S/C11H10N4O5S/c1-20-8-4-6(15(18)19)2-3-7(8)10-14-13-9(21-10)5-12-11(16)17/h2-4,12H,5H2,1H3,(H,16,17). The second-order valence-electron chi connectivity index (χ2n) is 3.80. The van der Waals surface area contributed by atoms with Crippen LogP contribution in [-0.4, -0.2) is 33.4 Å². The Kier molecular flexibility index (Phi) is 4.28. The van der Waals surface area contributed by atoms with Crippen LogP contribution in [-0.2, 0) is 6.54 Å². The number of nitrogens with one attached hydrogen (secondary N) is 1. The van der Waals surface area contributed by atoms with Gasteiger partial charge in [0.15, 0.2) is 5.01 Å². The van der Waals surface area contributed by atoms with Crippen molar-refractivity contribution in [3.8, 4) is 16.3 Å². The zero-order chi connectivity index (χ0) is 15.4. The van der Waals surface area contributed by atoms with Gasteiger partial charge in [-0.15, -0.1) is 10.2 Å². The number of hydrogen-bond donors (Lipinski definition) is 2. The molecule has 1 aromatic heterocycles. The molecule has 0 bridgehead atoms. The highest BCUT2D eigenvalue weighted by Crippen LogP contribution is 2.34. The first-order valence-electron chi connectivity index (χ1n) is 5.63. The summed E-state index contributed by atoms with van der Waals surface area (Å²) in [5, 5.41) is 30.2. The van der Waals surface area contributed by atoms with E-state index in [1.165, 1.54) is 36.6 Å². The third-order valence-corrected chi connectivity index (χ3v) is 3.44. The third kappa shape index (κ3) is 3.42. The van der Waals surface area contributed by atoms with E-state index in [4.69, 9.17) is 9.84 Å². The van der Waals surface area contributed by atoms with Gasteiger partial charge in [-0.2, -0.15) is 0 Å². The maximum absolute atomic E-state index is 10.7. The van der Waals surface area contributed by atoms with Gasteiger partial charge in [-0.3, -0.25) is 10.1 Å². The monoisotopic (exact) mass is 310 g/mol. The molecular formula is C11H10N4O5S. The molecule has 0 radical (unpaired) electrons. The molecule has 110 valence electrons. The summed E-state index contributed by atoms with van der Waals surface area (Å²) in [6.07, 6.45) is -1.15. The average Bonchev–Trinajstić information content (AvgIpc) is 2.93. The first-order valence-corrected chi connectivity index (χ1v) is 6.45. The Bertz CT molecular complexity index is 687. The van der Waals surface area contributed by atoms with E-state index >= 15 is 0 Å². The summed E-state index contributed by atoms with van der Waals surface area (Å²) in [6, 6.07) is 4.16. The van der Waals surface area contributed by atoms with E-state index in [0.29, 0.717) is 21.3 Å². The zero-order valence-electron chi connectivity index (χ0n) is 10.8. The minimum atomic E-state index is -1.15. The normalized spacial score (nSPS) is 10.1. The van der Waals surface area contributed by atoms with Gasteiger partial charge in [-0.1, -0.05) is 11.3 Å². The molecule has 2 rings (SSSR count). The number of ether oxygens (including phenoxy) is 1. The highest BCUT2D eigenvalue weighted by molar-refractivity contribution is 7.14. The third-order valence-electron chi connectivity index (χ3n) is 2.48. The van der Waals surface area contributed by atoms with Gasteiger partial charge >= 0.3 is 6.09 Å². The number of nitro benzene ring substituents is 1. The Hall–Kier alpha value is -2.75. The second-order valence-corrected chi connectivity index (χ2v) is 4.86. The van der Waals surface area contributed by atoms with Crippen LogP contribution in [0.2, 0.25) is 0 Å². The molecule has 21 heavy (non-hydrogen) atoms. The van der Waals surface area contributed by atoms with Gasteiger partial charge < -0.3 is 15.2 Å². The summed E-state index contributed by atoms with van der Waals surface area (Å²) in [5.41, 5.74) is 0.468. The summed E-state index contributed by atoms with van der Waals surface area (Å²) in [4.78, 5) is 20.6. The summed E-state index contributed by atoms with van der Waals surface area (Å²) in [5.74, 6) is 0.304. The molecule has 0 atom stereocenters. The van der Waals surface area contributed by atoms with Crippen LogP contribution in [0.25, 0.3) is 10.6 Å². The van der Waals surface area contributed by atoms with Crippen LogP contribution in [0.5, 0.6) is 5.75 Å². The number of nitrogens with zero attached hydrogens (tertiary/aromatic N) is 3. The van der Waals surface area contributed by atoms with E-state index in [2.05, 4.69) is 15.5 Å². The fourth-order valence-electron chi connectivity index (χ4n) is 1.56. The van der Waals surface area contributed by atoms with Gasteiger partial charge in [0.2, 0.25) is 0 Å². The van der Waals surface area contributed by atoms with Crippen molar-refractivity contribution in [1.82, 2.24) is 15.5 Å². The van der Waals surface area contributed by atoms with Crippen molar-refractivity contribution in [1.29, 1.82) is 0 Å². The van der Waals surface area contributed by atoms with E-state index in [9.17, 15) is 14.9 Å². The molecule has 0 aliphatic heterocycles. The Labute approximate surface area is 122 Å². The van der Waals surface area contributed by atoms with Crippen LogP contribution in [0.1, 0.15) is 5.01 Å². The maximum Gasteiger partial charge on any atom is 0.405 e. The quantitative estimate of drug-likeness (QED) is 0.637. The number of carbonyl (C=O) groups is 1. The molecule has 1 heterocycles. The predicted octanol–water partition coefficient (Wildman–Crippen LogP) is 1.89. The first kappa shape index (κ1) is 14.7. The number of carboxylic acid groups (broad SMARTS) is 1. The van der Waals surface area contributed by atoms with Crippen molar-refractivity contribution >= 4 is 23.1 Å². The van der Waals surface area contributed by atoms with Gasteiger partial charge in [0.05, 0.1) is 30.2 Å². The molecular weight excluding hydrogens is 300 g/mol. The SMILES string of the molecule is COc1cc([N+](=O)[O-])ccc1-c1nnc(CNC(=O)O)s1. The summed E-state index contributed by atoms with van der Waals surface area (Å²) < 4.78 is 5.12. The second kappa shape index (κ2) is 6.13. The van der Waals surface area contributed by atoms with Crippen molar-refractivity contribution in [2.45, 2.75) is 6.54 Å². The number of aromatic nitrogens is 2. The van der Waals surface area contributed by atoms with E-state index in [1.54, 1.807) is 0 Å². The number of rotatable bonds is 5. The van der Waals surface area contributed by atoms with Gasteiger partial charge in [0.25, 0.3) is 5.69 Å². The van der Waals surface area contributed by atoms with Crippen molar-refractivity contribution in [2.75, 3.05) is 7.11 Å². The molecule has 0 unspecified atom stereocenters. The Morgan fingerprint density at radius 3 is 2.90 bits per heavy atom. The summed E-state index contributed by atoms with van der Waals surface area (Å²) in [7, 11) is 1.40. The van der Waals surface area contributed by atoms with E-state index in [1.807, 2.05) is 0 Å². The number of methoxy groups -OCH3 is 1. The van der Waals surface area contributed by atoms with Crippen molar-refractivity contribution in [3.63, 3.8) is 0 Å². The lowest BCUT2D eigenvalue weighted by molar-refractivity contribution is -0.384. The fraction of sp³-hybridized carbons (Fsp3) is 0.182. The predicted molar refractivity (Wildman–Crippen MR) is 73.4 cm³/mol. The molecule has 2 aromatic rings. The topological polar surface area (TPSA) is 127 Å². The molecule has 0 spiro atoms. The maximum atomic E-state index is 10.7. The molecule has 0 aliphatic carbocycles. The van der Waals surface area contributed by atoms with Crippen LogP contribution in [0.4, 0.5) is 10.5 Å². The lowest BCUT2D eigenvalue weighted by Gasteiger charge is -2.04. The number of benzene rings is 1. The van der Waals surface area contributed by atoms with Gasteiger partial charge in [0.1, 0.15) is 10.8 Å². The minimum absolute atomic E-state index is 0.0439. The molecule has 2 N–H and O–H groups in total. The fourth-order valence-corrected chi connectivity index (χ4v) is 2.36. The van der Waals surface area contributed by atoms with E-state index in [0.717, 1.165) is 0 Å². The van der Waals surface area contributed by atoms with E-state index in [-0.39, 0.29) is 12.2 Å². The lowest BCUT2D eigenvalue weighted by Crippen LogP contribution is -2.19. The smallest absolute Gasteiger partial charge is 0.405 e. The van der Waals surface area contributed by atoms with Crippen LogP contribution >= 0.6 is 11.3 Å². The molecule has 0 saturated heterocycles. The summed E-state index contributed by atoms with van der Waals surface area (Å²) >= 11 is 1.17. The highest BCUT2D eigenvalue weighted by atomic mass is 32.1. The molecule has 1 aromatic carbocycles. The number of hydrogen-bond acceptors (Lipinski definition) is 7. The van der Waals surface area contributed by atoms with Gasteiger partial charge in [0, 0.05) is 6.07 Å². The van der Waals surface area contributed by atoms with Gasteiger partial charge in [-0.25, -0.2) is 4.79 Å². The minimum Gasteiger partial charge on any atom is -0.496 e. The van der Waals surface area contributed by atoms with Crippen molar-refractivity contribution in [3.05, 3.63) is 33.3 Å². The van der Waals surface area contributed by atoms with Crippen molar-refractivity contribution < 1.29 is 19.6 Å². The highest BCUT2D eigenvalue weighted by Gasteiger charge is 2.16. The Morgan fingerprint density at radius 1 is 1.52 bits per heavy atom. The molecule has 9 nitrogen and oxygen atoms in total. The number of nitro groups is 1. The average molecular weight is 310 g/mol. The zero-order valence-corrected chi connectivity index (χ0v) is 11.6. The van der Waals surface area contributed by atoms with Gasteiger partial charge in [-0.05, 0) is 6.07 Å². The van der Waals surface area contributed by atoms with Crippen LogP contribution in [0.3, 0.4) is 0 Å². The molecule has 0 saturated carbocycles.